The SMILES string of the molecule is CC(C)CN(CC(C)(C)CCCC#N)S(=O)(=O)c1ccc([N+](=O)[O-])cc1. The number of benzene rings is 1. The maximum absolute atomic E-state index is 13.1. The van der Waals surface area contributed by atoms with Gasteiger partial charge in [-0.25, -0.2) is 8.42 Å². The van der Waals surface area contributed by atoms with Gasteiger partial charge in [0.1, 0.15) is 0 Å². The van der Waals surface area contributed by atoms with Crippen LogP contribution in [0.3, 0.4) is 0 Å². The molecule has 0 unspecified atom stereocenters. The number of hydrogen-bond acceptors (Lipinski definition) is 5. The van der Waals surface area contributed by atoms with Gasteiger partial charge in [-0.05, 0) is 36.3 Å². The van der Waals surface area contributed by atoms with Crippen molar-refractivity contribution in [3.05, 3.63) is 34.4 Å². The van der Waals surface area contributed by atoms with Crippen LogP contribution >= 0.6 is 0 Å². The molecule has 0 N–H and O–H groups in total. The molecule has 0 aliphatic rings. The highest BCUT2D eigenvalue weighted by Crippen LogP contribution is 2.29. The van der Waals surface area contributed by atoms with Crippen molar-refractivity contribution >= 4 is 15.7 Å². The molecule has 7 nitrogen and oxygen atoms in total. The lowest BCUT2D eigenvalue weighted by molar-refractivity contribution is -0.384. The molecule has 1 aromatic carbocycles. The van der Waals surface area contributed by atoms with E-state index in [1.807, 2.05) is 27.7 Å². The predicted octanol–water partition coefficient (Wildman–Crippen LogP) is 3.96. The highest BCUT2D eigenvalue weighted by Gasteiger charge is 2.31. The average Bonchev–Trinajstić information content (AvgIpc) is 2.53. The molecule has 0 aliphatic heterocycles. The van der Waals surface area contributed by atoms with Gasteiger partial charge in [-0.15, -0.1) is 0 Å². The first-order valence-electron chi connectivity index (χ1n) is 8.61. The second-order valence-corrected chi connectivity index (χ2v) is 9.56. The van der Waals surface area contributed by atoms with Crippen molar-refractivity contribution in [2.75, 3.05) is 13.1 Å². The number of nitro benzene ring substituents is 1. The van der Waals surface area contributed by atoms with E-state index < -0.39 is 14.9 Å². The normalized spacial score (nSPS) is 12.3. The van der Waals surface area contributed by atoms with Gasteiger partial charge in [0.25, 0.3) is 5.69 Å². The Hall–Kier alpha value is -1.98. The van der Waals surface area contributed by atoms with E-state index >= 15 is 0 Å². The minimum atomic E-state index is -3.76. The lowest BCUT2D eigenvalue weighted by Crippen LogP contribution is -2.41. The van der Waals surface area contributed by atoms with Crippen molar-refractivity contribution < 1.29 is 13.3 Å². The summed E-state index contributed by atoms with van der Waals surface area (Å²) < 4.78 is 27.6. The summed E-state index contributed by atoms with van der Waals surface area (Å²) >= 11 is 0. The van der Waals surface area contributed by atoms with Crippen LogP contribution in [0.25, 0.3) is 0 Å². The van der Waals surface area contributed by atoms with E-state index in [0.29, 0.717) is 19.5 Å². The molecule has 0 saturated carbocycles. The second-order valence-electron chi connectivity index (χ2n) is 7.62. The van der Waals surface area contributed by atoms with Gasteiger partial charge in [-0.3, -0.25) is 10.1 Å². The van der Waals surface area contributed by atoms with Gasteiger partial charge < -0.3 is 0 Å². The number of nitrogens with zero attached hydrogens (tertiary/aromatic N) is 3. The number of non-ortho nitro benzene ring substituents is 1. The summed E-state index contributed by atoms with van der Waals surface area (Å²) in [5.74, 6) is 0.137. The lowest BCUT2D eigenvalue weighted by atomic mass is 9.87. The molecule has 1 rings (SSSR count). The summed E-state index contributed by atoms with van der Waals surface area (Å²) in [6.07, 6.45) is 1.91. The molecule has 0 saturated heterocycles. The van der Waals surface area contributed by atoms with E-state index in [4.69, 9.17) is 5.26 Å². The fourth-order valence-corrected chi connectivity index (χ4v) is 4.54. The van der Waals surface area contributed by atoms with Gasteiger partial charge >= 0.3 is 0 Å². The van der Waals surface area contributed by atoms with E-state index in [0.717, 1.165) is 12.8 Å². The van der Waals surface area contributed by atoms with Gasteiger partial charge in [0.2, 0.25) is 10.0 Å². The molecule has 26 heavy (non-hydrogen) atoms. The molecule has 0 radical (unpaired) electrons. The topological polar surface area (TPSA) is 104 Å². The summed E-state index contributed by atoms with van der Waals surface area (Å²) in [5.41, 5.74) is -0.421. The van der Waals surface area contributed by atoms with Crippen LogP contribution in [0.1, 0.15) is 47.0 Å². The summed E-state index contributed by atoms with van der Waals surface area (Å²) in [6.45, 7) is 8.56. The Bertz CT molecular complexity index is 750. The van der Waals surface area contributed by atoms with Gasteiger partial charge in [0.15, 0.2) is 0 Å². The fourth-order valence-electron chi connectivity index (χ4n) is 2.75. The van der Waals surface area contributed by atoms with Crippen LogP contribution in [-0.2, 0) is 10.0 Å². The minimum Gasteiger partial charge on any atom is -0.258 e. The van der Waals surface area contributed by atoms with E-state index in [2.05, 4.69) is 6.07 Å². The number of rotatable bonds is 10. The Morgan fingerprint density at radius 3 is 2.31 bits per heavy atom. The van der Waals surface area contributed by atoms with Crippen molar-refractivity contribution in [3.63, 3.8) is 0 Å². The van der Waals surface area contributed by atoms with E-state index in [1.54, 1.807) is 0 Å². The Kier molecular flexibility index (Phi) is 7.72. The fraction of sp³-hybridized carbons (Fsp3) is 0.611. The number of nitro groups is 1. The second kappa shape index (κ2) is 9.10. The van der Waals surface area contributed by atoms with Gasteiger partial charge in [0, 0.05) is 31.6 Å². The Balaban J connectivity index is 3.09. The maximum Gasteiger partial charge on any atom is 0.269 e. The first kappa shape index (κ1) is 22.1. The number of nitriles is 1. The Morgan fingerprint density at radius 1 is 1.27 bits per heavy atom. The number of unbranched alkanes of at least 4 members (excludes halogenated alkanes) is 1. The largest absolute Gasteiger partial charge is 0.269 e. The number of sulfonamides is 1. The Labute approximate surface area is 155 Å². The highest BCUT2D eigenvalue weighted by atomic mass is 32.2. The lowest BCUT2D eigenvalue weighted by Gasteiger charge is -2.33. The molecule has 0 aliphatic carbocycles. The van der Waals surface area contributed by atoms with Crippen molar-refractivity contribution in [3.8, 4) is 6.07 Å². The highest BCUT2D eigenvalue weighted by molar-refractivity contribution is 7.89. The van der Waals surface area contributed by atoms with Crippen LogP contribution in [0.15, 0.2) is 29.2 Å². The van der Waals surface area contributed by atoms with Crippen molar-refractivity contribution in [2.24, 2.45) is 11.3 Å². The molecule has 8 heteroatoms. The molecule has 144 valence electrons. The zero-order valence-corrected chi connectivity index (χ0v) is 16.6. The zero-order chi connectivity index (χ0) is 20.0. The van der Waals surface area contributed by atoms with Crippen molar-refractivity contribution in [1.29, 1.82) is 5.26 Å². The van der Waals surface area contributed by atoms with Crippen LogP contribution in [0.4, 0.5) is 5.69 Å². The van der Waals surface area contributed by atoms with Crippen LogP contribution in [0, 0.1) is 32.8 Å². The van der Waals surface area contributed by atoms with Crippen molar-refractivity contribution in [2.45, 2.75) is 51.9 Å². The van der Waals surface area contributed by atoms with Crippen LogP contribution in [-0.4, -0.2) is 30.7 Å². The third kappa shape index (κ3) is 6.39. The molecule has 0 bridgehead atoms. The monoisotopic (exact) mass is 381 g/mol. The maximum atomic E-state index is 13.1. The molecule has 0 spiro atoms. The molecule has 0 fully saturated rings. The van der Waals surface area contributed by atoms with E-state index in [9.17, 15) is 18.5 Å². The van der Waals surface area contributed by atoms with Crippen LogP contribution in [0.2, 0.25) is 0 Å². The standard InChI is InChI=1S/C18H27N3O4S/c1-15(2)13-20(14-18(3,4)11-5-6-12-19)26(24,25)17-9-7-16(8-10-17)21(22)23/h7-10,15H,5-6,11,13-14H2,1-4H3. The van der Waals surface area contributed by atoms with Crippen molar-refractivity contribution in [1.82, 2.24) is 4.31 Å². The quantitative estimate of drug-likeness (QED) is 0.346. The van der Waals surface area contributed by atoms with Crippen LogP contribution in [0.5, 0.6) is 0 Å². The van der Waals surface area contributed by atoms with E-state index in [1.165, 1.54) is 28.6 Å². The predicted molar refractivity (Wildman–Crippen MR) is 99.9 cm³/mol. The molecule has 0 aromatic heterocycles. The first-order chi connectivity index (χ1) is 12.0. The zero-order valence-electron chi connectivity index (χ0n) is 15.8. The number of hydrogen-bond donors (Lipinski definition) is 0. The van der Waals surface area contributed by atoms with Gasteiger partial charge in [0.05, 0.1) is 15.9 Å². The molecular weight excluding hydrogens is 354 g/mol. The van der Waals surface area contributed by atoms with E-state index in [-0.39, 0.29) is 21.9 Å². The summed E-state index contributed by atoms with van der Waals surface area (Å²) in [6, 6.07) is 7.09. The summed E-state index contributed by atoms with van der Waals surface area (Å²) in [5, 5.41) is 19.5. The summed E-state index contributed by atoms with van der Waals surface area (Å²) in [4.78, 5) is 10.3. The van der Waals surface area contributed by atoms with Crippen LogP contribution < -0.4 is 0 Å². The average molecular weight is 381 g/mol. The molecular formula is C18H27N3O4S. The van der Waals surface area contributed by atoms with Gasteiger partial charge in [-0.2, -0.15) is 9.57 Å². The first-order valence-corrected chi connectivity index (χ1v) is 10.0. The van der Waals surface area contributed by atoms with Gasteiger partial charge in [-0.1, -0.05) is 27.7 Å². The Morgan fingerprint density at radius 2 is 1.85 bits per heavy atom. The third-order valence-electron chi connectivity index (χ3n) is 4.00. The molecule has 0 atom stereocenters. The molecule has 0 heterocycles. The third-order valence-corrected chi connectivity index (χ3v) is 5.83. The summed E-state index contributed by atoms with van der Waals surface area (Å²) in [7, 11) is -3.76. The smallest absolute Gasteiger partial charge is 0.258 e. The minimum absolute atomic E-state index is 0.0524. The molecule has 1 aromatic rings. The molecule has 0 amide bonds.